The van der Waals surface area contributed by atoms with Gasteiger partial charge in [-0.05, 0) is 30.7 Å². The summed E-state index contributed by atoms with van der Waals surface area (Å²) in [6, 6.07) is 9.67. The summed E-state index contributed by atoms with van der Waals surface area (Å²) in [5, 5.41) is 0. The number of amides is 1. The van der Waals surface area contributed by atoms with E-state index < -0.39 is 15.9 Å². The van der Waals surface area contributed by atoms with Crippen molar-refractivity contribution in [2.24, 2.45) is 4.99 Å². The van der Waals surface area contributed by atoms with Crippen molar-refractivity contribution in [3.05, 3.63) is 46.8 Å². The summed E-state index contributed by atoms with van der Waals surface area (Å²) < 4.78 is 46.0. The first-order chi connectivity index (χ1) is 16.4. The Labute approximate surface area is 202 Å². The van der Waals surface area contributed by atoms with Crippen molar-refractivity contribution in [1.82, 2.24) is 8.87 Å². The van der Waals surface area contributed by atoms with Gasteiger partial charge in [0.1, 0.15) is 0 Å². The van der Waals surface area contributed by atoms with Crippen LogP contribution in [0.1, 0.15) is 23.7 Å². The molecule has 1 amide bonds. The Balaban J connectivity index is 1.68. The molecule has 1 fully saturated rings. The average Bonchev–Trinajstić information content (AvgIpc) is 3.19. The highest BCUT2D eigenvalue weighted by atomic mass is 32.2. The molecule has 0 atom stereocenters. The zero-order valence-electron chi connectivity index (χ0n) is 19.3. The number of morpholine rings is 1. The number of hydrogen-bond donors (Lipinski definition) is 0. The highest BCUT2D eigenvalue weighted by Crippen LogP contribution is 2.33. The molecule has 0 aliphatic carbocycles. The van der Waals surface area contributed by atoms with Crippen molar-refractivity contribution in [2.75, 3.05) is 40.5 Å². The predicted molar refractivity (Wildman–Crippen MR) is 129 cm³/mol. The molecule has 1 aliphatic heterocycles. The van der Waals surface area contributed by atoms with Crippen LogP contribution in [0.4, 0.5) is 0 Å². The Morgan fingerprint density at radius 3 is 2.35 bits per heavy atom. The summed E-state index contributed by atoms with van der Waals surface area (Å²) in [6.07, 6.45) is 0.857. The van der Waals surface area contributed by atoms with Gasteiger partial charge in [-0.2, -0.15) is 9.30 Å². The molecule has 0 saturated carbocycles. The lowest BCUT2D eigenvalue weighted by molar-refractivity contribution is 0.0730. The SMILES string of the molecule is CCCn1c(=NC(=O)c2ccc(S(=O)(=O)N3CCOCC3)cc2)sc2cc(OC)c(OC)cc21. The highest BCUT2D eigenvalue weighted by Gasteiger charge is 2.26. The number of thiazole rings is 1. The number of carbonyl (C=O) groups excluding carboxylic acids is 1. The number of rotatable bonds is 7. The summed E-state index contributed by atoms with van der Waals surface area (Å²) in [6.45, 7) is 4.11. The number of carbonyl (C=O) groups is 1. The van der Waals surface area contributed by atoms with Crippen LogP contribution in [0, 0.1) is 0 Å². The lowest BCUT2D eigenvalue weighted by Gasteiger charge is -2.26. The molecule has 2 aromatic carbocycles. The van der Waals surface area contributed by atoms with Crippen LogP contribution in [0.25, 0.3) is 10.2 Å². The van der Waals surface area contributed by atoms with E-state index in [2.05, 4.69) is 11.9 Å². The molecule has 11 heteroatoms. The molecule has 2 heterocycles. The van der Waals surface area contributed by atoms with E-state index in [0.717, 1.165) is 16.6 Å². The number of sulfonamides is 1. The molecule has 0 unspecified atom stereocenters. The van der Waals surface area contributed by atoms with Gasteiger partial charge in [-0.1, -0.05) is 18.3 Å². The van der Waals surface area contributed by atoms with E-state index in [4.69, 9.17) is 14.2 Å². The number of ether oxygens (including phenoxy) is 3. The minimum atomic E-state index is -3.62. The minimum absolute atomic E-state index is 0.146. The second kappa shape index (κ2) is 10.3. The van der Waals surface area contributed by atoms with E-state index >= 15 is 0 Å². The van der Waals surface area contributed by atoms with Gasteiger partial charge in [0.2, 0.25) is 10.0 Å². The molecule has 34 heavy (non-hydrogen) atoms. The van der Waals surface area contributed by atoms with Crippen LogP contribution in [0.3, 0.4) is 0 Å². The van der Waals surface area contributed by atoms with Gasteiger partial charge in [-0.25, -0.2) is 8.42 Å². The van der Waals surface area contributed by atoms with Gasteiger partial charge < -0.3 is 18.8 Å². The van der Waals surface area contributed by atoms with Crippen molar-refractivity contribution < 1.29 is 27.4 Å². The minimum Gasteiger partial charge on any atom is -0.493 e. The summed E-state index contributed by atoms with van der Waals surface area (Å²) in [5.41, 5.74) is 1.22. The van der Waals surface area contributed by atoms with Crippen molar-refractivity contribution in [3.8, 4) is 11.5 Å². The third-order valence-electron chi connectivity index (χ3n) is 5.54. The molecule has 1 aromatic heterocycles. The van der Waals surface area contributed by atoms with Gasteiger partial charge in [0, 0.05) is 37.3 Å². The normalized spacial score (nSPS) is 15.6. The lowest BCUT2D eigenvalue weighted by atomic mass is 10.2. The molecule has 4 rings (SSSR count). The first-order valence-corrected chi connectivity index (χ1v) is 13.2. The first-order valence-electron chi connectivity index (χ1n) is 10.9. The smallest absolute Gasteiger partial charge is 0.279 e. The standard InChI is InChI=1S/C23H27N3O6S2/c1-4-9-26-18-14-19(30-2)20(31-3)15-21(18)33-23(26)24-22(27)16-5-7-17(8-6-16)34(28,29)25-10-12-32-13-11-25/h5-8,14-15H,4,9-13H2,1-3H3. The molecule has 3 aromatic rings. The van der Waals surface area contributed by atoms with E-state index in [1.165, 1.54) is 39.9 Å². The number of benzene rings is 2. The maximum atomic E-state index is 13.0. The highest BCUT2D eigenvalue weighted by molar-refractivity contribution is 7.89. The maximum absolute atomic E-state index is 13.0. The predicted octanol–water partition coefficient (Wildman–Crippen LogP) is 2.89. The second-order valence-electron chi connectivity index (χ2n) is 7.67. The lowest BCUT2D eigenvalue weighted by Crippen LogP contribution is -2.40. The molecule has 0 radical (unpaired) electrons. The van der Waals surface area contributed by atoms with Crippen molar-refractivity contribution in [2.45, 2.75) is 24.8 Å². The van der Waals surface area contributed by atoms with Crippen LogP contribution >= 0.6 is 11.3 Å². The molecule has 1 aliphatic rings. The Morgan fingerprint density at radius 1 is 1.09 bits per heavy atom. The Kier molecular flexibility index (Phi) is 7.36. The van der Waals surface area contributed by atoms with E-state index in [1.807, 2.05) is 16.7 Å². The zero-order valence-corrected chi connectivity index (χ0v) is 20.9. The number of aromatic nitrogens is 1. The Hall–Kier alpha value is -2.73. The zero-order chi connectivity index (χ0) is 24.3. The van der Waals surface area contributed by atoms with Crippen LogP contribution < -0.4 is 14.3 Å². The van der Waals surface area contributed by atoms with E-state index in [1.54, 1.807) is 14.2 Å². The van der Waals surface area contributed by atoms with Gasteiger partial charge in [-0.3, -0.25) is 4.79 Å². The fourth-order valence-corrected chi connectivity index (χ4v) is 6.25. The van der Waals surface area contributed by atoms with Gasteiger partial charge in [0.05, 0.1) is 42.5 Å². The van der Waals surface area contributed by atoms with Crippen molar-refractivity contribution in [1.29, 1.82) is 0 Å². The van der Waals surface area contributed by atoms with Gasteiger partial charge in [0.25, 0.3) is 5.91 Å². The molecule has 0 spiro atoms. The van der Waals surface area contributed by atoms with Gasteiger partial charge >= 0.3 is 0 Å². The number of methoxy groups -OCH3 is 2. The molecule has 1 saturated heterocycles. The number of aryl methyl sites for hydroxylation is 1. The van der Waals surface area contributed by atoms with Crippen LogP contribution in [0.15, 0.2) is 46.3 Å². The summed E-state index contributed by atoms with van der Waals surface area (Å²) in [5.74, 6) is 0.771. The largest absolute Gasteiger partial charge is 0.493 e. The van der Waals surface area contributed by atoms with E-state index in [0.29, 0.717) is 54.7 Å². The van der Waals surface area contributed by atoms with Crippen LogP contribution in [-0.4, -0.2) is 63.7 Å². The van der Waals surface area contributed by atoms with Crippen LogP contribution in [0.5, 0.6) is 11.5 Å². The average molecular weight is 506 g/mol. The first kappa shape index (κ1) is 24.4. The summed E-state index contributed by atoms with van der Waals surface area (Å²) in [4.78, 5) is 18.0. The Morgan fingerprint density at radius 2 is 1.74 bits per heavy atom. The monoisotopic (exact) mass is 505 g/mol. The maximum Gasteiger partial charge on any atom is 0.279 e. The third-order valence-corrected chi connectivity index (χ3v) is 8.50. The van der Waals surface area contributed by atoms with E-state index in [-0.39, 0.29) is 4.90 Å². The number of fused-ring (bicyclic) bond motifs is 1. The fourth-order valence-electron chi connectivity index (χ4n) is 3.78. The molecule has 0 N–H and O–H groups in total. The molecule has 182 valence electrons. The van der Waals surface area contributed by atoms with Gasteiger partial charge in [-0.15, -0.1) is 0 Å². The molecular formula is C23H27N3O6S2. The molecular weight excluding hydrogens is 478 g/mol. The van der Waals surface area contributed by atoms with Crippen LogP contribution in [0.2, 0.25) is 0 Å². The van der Waals surface area contributed by atoms with Crippen molar-refractivity contribution >= 4 is 37.5 Å². The summed E-state index contributed by atoms with van der Waals surface area (Å²) >= 11 is 1.39. The van der Waals surface area contributed by atoms with Gasteiger partial charge in [0.15, 0.2) is 16.3 Å². The topological polar surface area (TPSA) is 99.4 Å². The summed E-state index contributed by atoms with van der Waals surface area (Å²) in [7, 11) is -0.463. The molecule has 9 nitrogen and oxygen atoms in total. The van der Waals surface area contributed by atoms with E-state index in [9.17, 15) is 13.2 Å². The third kappa shape index (κ3) is 4.74. The van der Waals surface area contributed by atoms with Crippen LogP contribution in [-0.2, 0) is 21.3 Å². The Bertz CT molecular complexity index is 1350. The number of nitrogens with zero attached hydrogens (tertiary/aromatic N) is 3. The van der Waals surface area contributed by atoms with Crippen molar-refractivity contribution in [3.63, 3.8) is 0 Å². The number of hydrogen-bond acceptors (Lipinski definition) is 7. The fraction of sp³-hybridized carbons (Fsp3) is 0.391. The molecule has 0 bridgehead atoms. The quantitative estimate of drug-likeness (QED) is 0.490. The second-order valence-corrected chi connectivity index (χ2v) is 10.6.